The molecule has 1 amide bonds. The van der Waals surface area contributed by atoms with Gasteiger partial charge in [0.1, 0.15) is 0 Å². The number of rotatable bonds is 2. The maximum Gasteiger partial charge on any atom is 0.226 e. The molecular weight excluding hydrogens is 246 g/mol. The molecule has 5 aliphatic rings. The summed E-state index contributed by atoms with van der Waals surface area (Å²) in [5.74, 6) is 2.93. The van der Waals surface area contributed by atoms with E-state index in [0.29, 0.717) is 11.9 Å². The Bertz CT molecular complexity index is 387. The summed E-state index contributed by atoms with van der Waals surface area (Å²) in [7, 11) is 0. The van der Waals surface area contributed by atoms with E-state index in [4.69, 9.17) is 0 Å². The molecule has 2 nitrogen and oxygen atoms in total. The summed E-state index contributed by atoms with van der Waals surface area (Å²) >= 11 is 0. The van der Waals surface area contributed by atoms with E-state index in [2.05, 4.69) is 5.32 Å². The number of amides is 1. The molecule has 20 heavy (non-hydrogen) atoms. The first-order valence-corrected chi connectivity index (χ1v) is 9.09. The number of hydrogen-bond donors (Lipinski definition) is 1. The molecule has 5 saturated carbocycles. The molecule has 2 heteroatoms. The van der Waals surface area contributed by atoms with Crippen molar-refractivity contribution in [2.75, 3.05) is 0 Å². The van der Waals surface area contributed by atoms with Gasteiger partial charge in [-0.25, -0.2) is 0 Å². The van der Waals surface area contributed by atoms with Gasteiger partial charge in [0.05, 0.1) is 5.41 Å². The highest BCUT2D eigenvalue weighted by molar-refractivity contribution is 5.83. The Morgan fingerprint density at radius 2 is 1.80 bits per heavy atom. The van der Waals surface area contributed by atoms with Crippen LogP contribution in [-0.4, -0.2) is 11.9 Å². The second-order valence-electron chi connectivity index (χ2n) is 8.11. The molecule has 5 rings (SSSR count). The van der Waals surface area contributed by atoms with Crippen molar-refractivity contribution in [3.05, 3.63) is 0 Å². The zero-order chi connectivity index (χ0) is 13.6. The van der Waals surface area contributed by atoms with Gasteiger partial charge in [0.2, 0.25) is 5.91 Å². The summed E-state index contributed by atoms with van der Waals surface area (Å²) in [6.45, 7) is 0. The summed E-state index contributed by atoms with van der Waals surface area (Å²) in [6, 6.07) is 0.492. The van der Waals surface area contributed by atoms with Crippen molar-refractivity contribution in [3.8, 4) is 0 Å². The average molecular weight is 275 g/mol. The number of hydrogen-bond acceptors (Lipinski definition) is 1. The smallest absolute Gasteiger partial charge is 0.226 e. The highest BCUT2D eigenvalue weighted by atomic mass is 16.2. The lowest BCUT2D eigenvalue weighted by atomic mass is 9.47. The predicted molar refractivity (Wildman–Crippen MR) is 80.2 cm³/mol. The van der Waals surface area contributed by atoms with Crippen LogP contribution >= 0.6 is 0 Å². The average Bonchev–Trinajstić information content (AvgIpc) is 2.48. The van der Waals surface area contributed by atoms with Gasteiger partial charge in [-0.05, 0) is 56.3 Å². The van der Waals surface area contributed by atoms with Gasteiger partial charge in [0.15, 0.2) is 0 Å². The SMILES string of the molecule is O=C(NC1CCCCC1)[C@@]12CCC[C@H]3C[C@@H](CC[C@H]31)C2. The molecule has 5 aliphatic carbocycles. The maximum absolute atomic E-state index is 13.1. The van der Waals surface area contributed by atoms with Crippen molar-refractivity contribution in [3.63, 3.8) is 0 Å². The normalized spacial score (nSPS) is 44.3. The fourth-order valence-electron chi connectivity index (χ4n) is 6.18. The molecule has 112 valence electrons. The Morgan fingerprint density at radius 3 is 2.60 bits per heavy atom. The Kier molecular flexibility index (Phi) is 3.31. The minimum absolute atomic E-state index is 0.0571. The Labute approximate surface area is 123 Å². The third-order valence-electron chi connectivity index (χ3n) is 7.04. The fraction of sp³-hybridized carbons (Fsp3) is 0.944. The van der Waals surface area contributed by atoms with E-state index in [9.17, 15) is 4.79 Å². The van der Waals surface area contributed by atoms with Gasteiger partial charge < -0.3 is 5.32 Å². The minimum atomic E-state index is 0.0571. The molecule has 1 N–H and O–H groups in total. The number of carbonyl (C=O) groups is 1. The van der Waals surface area contributed by atoms with Crippen LogP contribution in [0.2, 0.25) is 0 Å². The molecule has 4 atom stereocenters. The largest absolute Gasteiger partial charge is 0.353 e. The summed E-state index contributed by atoms with van der Waals surface area (Å²) in [5, 5.41) is 3.48. The number of carbonyl (C=O) groups excluding carboxylic acids is 1. The highest BCUT2D eigenvalue weighted by Crippen LogP contribution is 2.61. The first-order chi connectivity index (χ1) is 9.78. The van der Waals surface area contributed by atoms with Crippen LogP contribution in [0.25, 0.3) is 0 Å². The van der Waals surface area contributed by atoms with Crippen LogP contribution in [0, 0.1) is 23.2 Å². The van der Waals surface area contributed by atoms with Crippen LogP contribution < -0.4 is 5.32 Å². The lowest BCUT2D eigenvalue weighted by Gasteiger charge is -2.57. The van der Waals surface area contributed by atoms with Crippen molar-refractivity contribution < 1.29 is 4.79 Å². The van der Waals surface area contributed by atoms with Gasteiger partial charge in [0, 0.05) is 6.04 Å². The number of nitrogens with one attached hydrogen (secondary N) is 1. The monoisotopic (exact) mass is 275 g/mol. The molecule has 0 aliphatic heterocycles. The third-order valence-corrected chi connectivity index (χ3v) is 7.04. The first kappa shape index (κ1) is 13.2. The molecule has 0 radical (unpaired) electrons. The lowest BCUT2D eigenvalue weighted by Crippen LogP contribution is -2.58. The molecule has 0 unspecified atom stereocenters. The molecule has 0 aromatic rings. The van der Waals surface area contributed by atoms with Crippen molar-refractivity contribution in [1.29, 1.82) is 0 Å². The van der Waals surface area contributed by atoms with Gasteiger partial charge in [-0.1, -0.05) is 38.5 Å². The van der Waals surface area contributed by atoms with E-state index in [0.717, 1.165) is 17.8 Å². The second-order valence-corrected chi connectivity index (χ2v) is 8.11. The summed E-state index contributed by atoms with van der Waals surface area (Å²) in [4.78, 5) is 13.1. The number of fused-ring (bicyclic) bond motifs is 1. The molecule has 0 saturated heterocycles. The van der Waals surface area contributed by atoms with Crippen molar-refractivity contribution in [2.45, 2.75) is 83.1 Å². The van der Waals surface area contributed by atoms with Crippen LogP contribution in [-0.2, 0) is 4.79 Å². The topological polar surface area (TPSA) is 29.1 Å². The predicted octanol–water partition coefficient (Wildman–Crippen LogP) is 4.04. The Hall–Kier alpha value is -0.530. The van der Waals surface area contributed by atoms with Gasteiger partial charge >= 0.3 is 0 Å². The van der Waals surface area contributed by atoms with Crippen LogP contribution in [0.3, 0.4) is 0 Å². The molecule has 0 aromatic carbocycles. The quantitative estimate of drug-likeness (QED) is 0.809. The lowest BCUT2D eigenvalue weighted by molar-refractivity contribution is -0.154. The van der Waals surface area contributed by atoms with E-state index in [1.807, 2.05) is 0 Å². The minimum Gasteiger partial charge on any atom is -0.353 e. The first-order valence-electron chi connectivity index (χ1n) is 9.09. The van der Waals surface area contributed by atoms with E-state index < -0.39 is 0 Å². The van der Waals surface area contributed by atoms with Gasteiger partial charge in [-0.15, -0.1) is 0 Å². The van der Waals surface area contributed by atoms with Crippen molar-refractivity contribution in [2.24, 2.45) is 23.2 Å². The second kappa shape index (κ2) is 5.03. The van der Waals surface area contributed by atoms with Crippen LogP contribution in [0.15, 0.2) is 0 Å². The maximum atomic E-state index is 13.1. The van der Waals surface area contributed by atoms with E-state index >= 15 is 0 Å². The summed E-state index contributed by atoms with van der Waals surface area (Å²) < 4.78 is 0. The Morgan fingerprint density at radius 1 is 0.950 bits per heavy atom. The fourth-order valence-corrected chi connectivity index (χ4v) is 6.18. The van der Waals surface area contributed by atoms with E-state index in [1.165, 1.54) is 77.0 Å². The zero-order valence-corrected chi connectivity index (χ0v) is 12.7. The van der Waals surface area contributed by atoms with Gasteiger partial charge in [-0.3, -0.25) is 4.79 Å². The van der Waals surface area contributed by atoms with Crippen molar-refractivity contribution in [1.82, 2.24) is 5.32 Å². The third kappa shape index (κ3) is 2.02. The standard InChI is InChI=1S/C18H29NO/c20-17(19-15-6-2-1-3-7-15)18-10-4-5-14-11-13(12-18)8-9-16(14)18/h13-16H,1-12H2,(H,19,20)/t13-,14+,16-,18-/m1/s1. The summed E-state index contributed by atoms with van der Waals surface area (Å²) in [6.07, 6.45) is 15.7. The molecule has 4 bridgehead atoms. The van der Waals surface area contributed by atoms with E-state index in [-0.39, 0.29) is 5.41 Å². The molecular formula is C18H29NO. The highest BCUT2D eigenvalue weighted by Gasteiger charge is 2.57. The van der Waals surface area contributed by atoms with Crippen molar-refractivity contribution >= 4 is 5.91 Å². The van der Waals surface area contributed by atoms with Crippen LogP contribution in [0.5, 0.6) is 0 Å². The molecule has 0 heterocycles. The van der Waals surface area contributed by atoms with Crippen LogP contribution in [0.1, 0.15) is 77.0 Å². The van der Waals surface area contributed by atoms with E-state index in [1.54, 1.807) is 0 Å². The summed E-state index contributed by atoms with van der Waals surface area (Å²) in [5.41, 5.74) is 0.0571. The molecule has 0 aromatic heterocycles. The van der Waals surface area contributed by atoms with Gasteiger partial charge in [-0.2, -0.15) is 0 Å². The molecule has 0 spiro atoms. The molecule has 5 fully saturated rings. The Balaban J connectivity index is 1.51. The van der Waals surface area contributed by atoms with Gasteiger partial charge in [0.25, 0.3) is 0 Å². The zero-order valence-electron chi connectivity index (χ0n) is 12.7. The van der Waals surface area contributed by atoms with Crippen LogP contribution in [0.4, 0.5) is 0 Å².